The minimum atomic E-state index is -0.157. The first-order chi connectivity index (χ1) is 13.1. The van der Waals surface area contributed by atoms with Gasteiger partial charge in [0.05, 0.1) is 17.8 Å². The largest absolute Gasteiger partial charge is 0.486 e. The highest BCUT2D eigenvalue weighted by molar-refractivity contribution is 5.93. The van der Waals surface area contributed by atoms with Gasteiger partial charge in [-0.15, -0.1) is 0 Å². The maximum absolute atomic E-state index is 12.7. The smallest absolute Gasteiger partial charge is 0.268 e. The normalized spacial score (nSPS) is 18.9. The first-order valence-corrected chi connectivity index (χ1v) is 9.09. The molecule has 0 saturated carbocycles. The van der Waals surface area contributed by atoms with Gasteiger partial charge < -0.3 is 19.7 Å². The predicted molar refractivity (Wildman–Crippen MR) is 100 cm³/mol. The maximum Gasteiger partial charge on any atom is 0.268 e. The average molecular weight is 370 g/mol. The Labute approximate surface area is 156 Å². The first-order valence-electron chi connectivity index (χ1n) is 9.09. The van der Waals surface area contributed by atoms with Crippen molar-refractivity contribution in [1.29, 1.82) is 0 Å². The average Bonchev–Trinajstić information content (AvgIpc) is 2.70. The van der Waals surface area contributed by atoms with E-state index in [0.717, 1.165) is 25.1 Å². The van der Waals surface area contributed by atoms with E-state index in [1.54, 1.807) is 25.4 Å². The van der Waals surface area contributed by atoms with Gasteiger partial charge in [0.15, 0.2) is 11.5 Å². The minimum Gasteiger partial charge on any atom is -0.486 e. The number of amides is 1. The molecule has 4 rings (SSSR count). The molecule has 1 saturated heterocycles. The second kappa shape index (κ2) is 7.30. The maximum atomic E-state index is 12.7. The van der Waals surface area contributed by atoms with Crippen LogP contribution in [0.3, 0.4) is 0 Å². The van der Waals surface area contributed by atoms with Gasteiger partial charge in [-0.05, 0) is 25.0 Å². The number of aromatic nitrogens is 2. The Morgan fingerprint density at radius 1 is 1.22 bits per heavy atom. The number of nitrogens with zero attached hydrogens (tertiary/aromatic N) is 3. The minimum absolute atomic E-state index is 0.0341. The summed E-state index contributed by atoms with van der Waals surface area (Å²) in [5.41, 5.74) is 1.29. The van der Waals surface area contributed by atoms with E-state index in [0.29, 0.717) is 36.9 Å². The fraction of sp³-hybridized carbons (Fsp3) is 0.421. The zero-order valence-electron chi connectivity index (χ0n) is 15.2. The molecule has 0 radical (unpaired) electrons. The fourth-order valence-electron chi connectivity index (χ4n) is 3.42. The van der Waals surface area contributed by atoms with Crippen molar-refractivity contribution in [2.45, 2.75) is 12.8 Å². The lowest BCUT2D eigenvalue weighted by atomic mass is 9.96. The summed E-state index contributed by atoms with van der Waals surface area (Å²) >= 11 is 0. The summed E-state index contributed by atoms with van der Waals surface area (Å²) in [7, 11) is 1.62. The molecule has 0 aliphatic carbocycles. The Hall–Kier alpha value is -3.03. The van der Waals surface area contributed by atoms with Gasteiger partial charge >= 0.3 is 0 Å². The van der Waals surface area contributed by atoms with Crippen LogP contribution in [0.25, 0.3) is 0 Å². The topological polar surface area (TPSA) is 85.7 Å². The Balaban J connectivity index is 1.44. The molecule has 8 heteroatoms. The van der Waals surface area contributed by atoms with Crippen molar-refractivity contribution in [3.05, 3.63) is 40.8 Å². The van der Waals surface area contributed by atoms with Gasteiger partial charge in [0.1, 0.15) is 13.2 Å². The van der Waals surface area contributed by atoms with Crippen molar-refractivity contribution in [1.82, 2.24) is 9.78 Å². The summed E-state index contributed by atoms with van der Waals surface area (Å²) in [6.45, 7) is 2.41. The van der Waals surface area contributed by atoms with Crippen LogP contribution in [-0.4, -0.2) is 42.0 Å². The van der Waals surface area contributed by atoms with E-state index in [2.05, 4.69) is 10.4 Å². The van der Waals surface area contributed by atoms with Crippen LogP contribution in [0.15, 0.2) is 35.3 Å². The molecular weight excluding hydrogens is 348 g/mol. The third-order valence-electron chi connectivity index (χ3n) is 4.92. The van der Waals surface area contributed by atoms with E-state index >= 15 is 0 Å². The molecule has 8 nitrogen and oxygen atoms in total. The van der Waals surface area contributed by atoms with Crippen molar-refractivity contribution >= 4 is 17.3 Å². The molecule has 27 heavy (non-hydrogen) atoms. The number of carbonyl (C=O) groups excluding carboxylic acids is 1. The summed E-state index contributed by atoms with van der Waals surface area (Å²) in [5.74, 6) is 1.15. The Kier molecular flexibility index (Phi) is 4.70. The number of benzene rings is 1. The van der Waals surface area contributed by atoms with E-state index in [4.69, 9.17) is 9.47 Å². The van der Waals surface area contributed by atoms with Gasteiger partial charge in [-0.1, -0.05) is 0 Å². The number of carbonyl (C=O) groups is 1. The number of anilines is 2. The SMILES string of the molecule is Cn1ncc(N2CCCC(C(=O)Nc3ccc4c(c3)OCCO4)C2)cc1=O. The highest BCUT2D eigenvalue weighted by Gasteiger charge is 2.27. The summed E-state index contributed by atoms with van der Waals surface area (Å²) in [6, 6.07) is 6.98. The van der Waals surface area contributed by atoms with Crippen LogP contribution < -0.4 is 25.2 Å². The first kappa shape index (κ1) is 17.4. The van der Waals surface area contributed by atoms with Crippen LogP contribution in [0.5, 0.6) is 11.5 Å². The van der Waals surface area contributed by atoms with E-state index < -0.39 is 0 Å². The number of fused-ring (bicyclic) bond motifs is 1. The molecule has 1 fully saturated rings. The molecule has 0 bridgehead atoms. The highest BCUT2D eigenvalue weighted by atomic mass is 16.6. The molecule has 0 spiro atoms. The molecule has 2 aliphatic heterocycles. The Morgan fingerprint density at radius 3 is 2.85 bits per heavy atom. The quantitative estimate of drug-likeness (QED) is 0.879. The number of piperidine rings is 1. The number of rotatable bonds is 3. The zero-order valence-corrected chi connectivity index (χ0v) is 15.2. The van der Waals surface area contributed by atoms with Crippen LogP contribution in [0.4, 0.5) is 11.4 Å². The standard InChI is InChI=1S/C19H22N4O4/c1-22-18(24)10-15(11-20-22)23-6-2-3-13(12-23)19(25)21-14-4-5-16-17(9-14)27-8-7-26-16/h4-5,9-11,13H,2-3,6-8,12H2,1H3,(H,21,25). The van der Waals surface area contributed by atoms with Crippen molar-refractivity contribution in [3.63, 3.8) is 0 Å². The number of nitrogens with one attached hydrogen (secondary N) is 1. The number of ether oxygens (including phenoxy) is 2. The summed E-state index contributed by atoms with van der Waals surface area (Å²) in [6.07, 6.45) is 3.36. The van der Waals surface area contributed by atoms with Gasteiger partial charge in [0.25, 0.3) is 5.56 Å². The Bertz CT molecular complexity index is 911. The summed E-state index contributed by atoms with van der Waals surface area (Å²) in [5, 5.41) is 7.04. The molecule has 142 valence electrons. The van der Waals surface area contributed by atoms with Crippen LogP contribution in [0.1, 0.15) is 12.8 Å². The van der Waals surface area contributed by atoms with Gasteiger partial charge in [-0.3, -0.25) is 9.59 Å². The number of hydrogen-bond acceptors (Lipinski definition) is 6. The molecule has 1 atom stereocenters. The second-order valence-electron chi connectivity index (χ2n) is 6.81. The van der Waals surface area contributed by atoms with Gasteiger partial charge in [-0.2, -0.15) is 5.10 Å². The van der Waals surface area contributed by atoms with Crippen LogP contribution in [0.2, 0.25) is 0 Å². The van der Waals surface area contributed by atoms with Crippen molar-refractivity contribution < 1.29 is 14.3 Å². The van der Waals surface area contributed by atoms with E-state index in [9.17, 15) is 9.59 Å². The molecular formula is C19H22N4O4. The molecule has 3 heterocycles. The second-order valence-corrected chi connectivity index (χ2v) is 6.81. The van der Waals surface area contributed by atoms with Gasteiger partial charge in [-0.25, -0.2) is 4.68 Å². The van der Waals surface area contributed by atoms with Crippen LogP contribution in [-0.2, 0) is 11.8 Å². The van der Waals surface area contributed by atoms with Crippen molar-refractivity contribution in [2.75, 3.05) is 36.5 Å². The molecule has 1 amide bonds. The zero-order chi connectivity index (χ0) is 18.8. The van der Waals surface area contributed by atoms with E-state index in [-0.39, 0.29) is 17.4 Å². The van der Waals surface area contributed by atoms with Gasteiger partial charge in [0.2, 0.25) is 5.91 Å². The molecule has 2 aromatic rings. The lowest BCUT2D eigenvalue weighted by Crippen LogP contribution is -2.41. The van der Waals surface area contributed by atoms with E-state index in [1.807, 2.05) is 17.0 Å². The van der Waals surface area contributed by atoms with Crippen LogP contribution >= 0.6 is 0 Å². The van der Waals surface area contributed by atoms with Crippen LogP contribution in [0, 0.1) is 5.92 Å². The monoisotopic (exact) mass is 370 g/mol. The van der Waals surface area contributed by atoms with Crippen molar-refractivity contribution in [3.8, 4) is 11.5 Å². The number of hydrogen-bond donors (Lipinski definition) is 1. The third kappa shape index (κ3) is 3.74. The summed E-state index contributed by atoms with van der Waals surface area (Å²) < 4.78 is 12.4. The predicted octanol–water partition coefficient (Wildman–Crippen LogP) is 1.41. The number of aryl methyl sites for hydroxylation is 1. The lowest BCUT2D eigenvalue weighted by Gasteiger charge is -2.33. The highest BCUT2D eigenvalue weighted by Crippen LogP contribution is 2.33. The molecule has 2 aliphatic rings. The van der Waals surface area contributed by atoms with Gasteiger partial charge in [0, 0.05) is 38.0 Å². The molecule has 1 unspecified atom stereocenters. The fourth-order valence-corrected chi connectivity index (χ4v) is 3.42. The lowest BCUT2D eigenvalue weighted by molar-refractivity contribution is -0.120. The molecule has 1 aromatic carbocycles. The third-order valence-corrected chi connectivity index (χ3v) is 4.92. The summed E-state index contributed by atoms with van der Waals surface area (Å²) in [4.78, 5) is 26.6. The Morgan fingerprint density at radius 2 is 2.04 bits per heavy atom. The van der Waals surface area contributed by atoms with Crippen molar-refractivity contribution in [2.24, 2.45) is 13.0 Å². The molecule has 1 aromatic heterocycles. The van der Waals surface area contributed by atoms with E-state index in [1.165, 1.54) is 4.68 Å². The molecule has 1 N–H and O–H groups in total.